The number of carbonyl (C=O) groups excluding carboxylic acids is 1. The number of benzene rings is 1. The van der Waals surface area contributed by atoms with E-state index >= 15 is 0 Å². The lowest BCUT2D eigenvalue weighted by molar-refractivity contribution is 0.217. The van der Waals surface area contributed by atoms with E-state index in [2.05, 4.69) is 5.32 Å². The second-order valence-corrected chi connectivity index (χ2v) is 5.91. The fourth-order valence-electron chi connectivity index (χ4n) is 1.50. The van der Waals surface area contributed by atoms with Crippen LogP contribution < -0.4 is 5.32 Å². The molecule has 0 spiro atoms. The predicted octanol–water partition coefficient (Wildman–Crippen LogP) is 1.96. The van der Waals surface area contributed by atoms with Gasteiger partial charge in [-0.3, -0.25) is 0 Å². The van der Waals surface area contributed by atoms with Crippen LogP contribution in [0.15, 0.2) is 29.2 Å². The van der Waals surface area contributed by atoms with Crippen molar-refractivity contribution in [2.45, 2.75) is 18.7 Å². The van der Waals surface area contributed by atoms with Crippen molar-refractivity contribution in [2.75, 3.05) is 24.7 Å². The molecule has 0 aliphatic carbocycles. The SMILES string of the molecule is CCN(CC)C(=O)Nc1ccc(S(C)(=O)=O)cc1. The Bertz CT molecular complexity index is 505. The van der Waals surface area contributed by atoms with Gasteiger partial charge in [0.1, 0.15) is 0 Å². The van der Waals surface area contributed by atoms with Crippen LogP contribution >= 0.6 is 0 Å². The van der Waals surface area contributed by atoms with Gasteiger partial charge in [0, 0.05) is 25.0 Å². The normalized spacial score (nSPS) is 11.1. The van der Waals surface area contributed by atoms with E-state index in [9.17, 15) is 13.2 Å². The quantitative estimate of drug-likeness (QED) is 0.909. The molecule has 0 heterocycles. The zero-order chi connectivity index (χ0) is 13.8. The number of hydrogen-bond acceptors (Lipinski definition) is 3. The van der Waals surface area contributed by atoms with Crippen LogP contribution in [0, 0.1) is 0 Å². The number of carbonyl (C=O) groups is 1. The van der Waals surface area contributed by atoms with E-state index in [1.165, 1.54) is 12.1 Å². The predicted molar refractivity (Wildman–Crippen MR) is 71.5 cm³/mol. The van der Waals surface area contributed by atoms with Crippen LogP contribution in [-0.2, 0) is 9.84 Å². The van der Waals surface area contributed by atoms with Crippen molar-refractivity contribution in [3.63, 3.8) is 0 Å². The third kappa shape index (κ3) is 3.73. The van der Waals surface area contributed by atoms with Gasteiger partial charge < -0.3 is 10.2 Å². The van der Waals surface area contributed by atoms with E-state index in [1.54, 1.807) is 17.0 Å². The fraction of sp³-hybridized carbons (Fsp3) is 0.417. The Hall–Kier alpha value is -1.56. The number of rotatable bonds is 4. The summed E-state index contributed by atoms with van der Waals surface area (Å²) in [6.07, 6.45) is 1.15. The summed E-state index contributed by atoms with van der Waals surface area (Å²) in [6, 6.07) is 5.93. The molecule has 0 aromatic heterocycles. The Morgan fingerprint density at radius 1 is 1.17 bits per heavy atom. The van der Waals surface area contributed by atoms with E-state index in [4.69, 9.17) is 0 Å². The Labute approximate surface area is 108 Å². The van der Waals surface area contributed by atoms with Crippen LogP contribution in [0.3, 0.4) is 0 Å². The molecule has 100 valence electrons. The third-order valence-electron chi connectivity index (χ3n) is 2.58. The van der Waals surface area contributed by atoms with Crippen molar-refractivity contribution in [3.8, 4) is 0 Å². The Balaban J connectivity index is 2.79. The number of nitrogens with one attached hydrogen (secondary N) is 1. The number of sulfone groups is 1. The summed E-state index contributed by atoms with van der Waals surface area (Å²) in [4.78, 5) is 13.6. The van der Waals surface area contributed by atoms with E-state index in [-0.39, 0.29) is 10.9 Å². The first-order valence-corrected chi connectivity index (χ1v) is 7.63. The van der Waals surface area contributed by atoms with Crippen LogP contribution in [0.4, 0.5) is 10.5 Å². The van der Waals surface area contributed by atoms with Gasteiger partial charge in [-0.15, -0.1) is 0 Å². The molecule has 1 N–H and O–H groups in total. The smallest absolute Gasteiger partial charge is 0.321 e. The summed E-state index contributed by atoms with van der Waals surface area (Å²) in [5.41, 5.74) is 0.583. The van der Waals surface area contributed by atoms with Gasteiger partial charge in [0.15, 0.2) is 9.84 Å². The van der Waals surface area contributed by atoms with Crippen LogP contribution in [0.5, 0.6) is 0 Å². The van der Waals surface area contributed by atoms with Crippen LogP contribution in [0.25, 0.3) is 0 Å². The first kappa shape index (κ1) is 14.5. The summed E-state index contributed by atoms with van der Waals surface area (Å²) in [6.45, 7) is 5.05. The molecule has 2 amide bonds. The second-order valence-electron chi connectivity index (χ2n) is 3.90. The number of urea groups is 1. The number of anilines is 1. The van der Waals surface area contributed by atoms with Gasteiger partial charge in [0.25, 0.3) is 0 Å². The molecule has 1 rings (SSSR count). The lowest BCUT2D eigenvalue weighted by atomic mass is 10.3. The third-order valence-corrected chi connectivity index (χ3v) is 3.71. The molecule has 0 saturated carbocycles. The van der Waals surface area contributed by atoms with Crippen molar-refractivity contribution in [1.29, 1.82) is 0 Å². The minimum Gasteiger partial charge on any atom is -0.325 e. The van der Waals surface area contributed by atoms with Gasteiger partial charge >= 0.3 is 6.03 Å². The zero-order valence-electron chi connectivity index (χ0n) is 10.8. The number of nitrogens with zero attached hydrogens (tertiary/aromatic N) is 1. The zero-order valence-corrected chi connectivity index (χ0v) is 11.6. The van der Waals surface area contributed by atoms with Crippen LogP contribution in [0.1, 0.15) is 13.8 Å². The summed E-state index contributed by atoms with van der Waals surface area (Å²) < 4.78 is 22.5. The highest BCUT2D eigenvalue weighted by atomic mass is 32.2. The van der Waals surface area contributed by atoms with Crippen LogP contribution in [-0.4, -0.2) is 38.7 Å². The molecular formula is C12H18N2O3S. The van der Waals surface area contributed by atoms with Gasteiger partial charge in [-0.25, -0.2) is 13.2 Å². The summed E-state index contributed by atoms with van der Waals surface area (Å²) in [7, 11) is -3.20. The maximum absolute atomic E-state index is 11.8. The minimum atomic E-state index is -3.20. The van der Waals surface area contributed by atoms with Crippen molar-refractivity contribution in [3.05, 3.63) is 24.3 Å². The van der Waals surface area contributed by atoms with E-state index in [1.807, 2.05) is 13.8 Å². The average molecular weight is 270 g/mol. The van der Waals surface area contributed by atoms with Crippen LogP contribution in [0.2, 0.25) is 0 Å². The first-order chi connectivity index (χ1) is 8.38. The monoisotopic (exact) mass is 270 g/mol. The van der Waals surface area contributed by atoms with E-state index < -0.39 is 9.84 Å². The highest BCUT2D eigenvalue weighted by Crippen LogP contribution is 2.14. The van der Waals surface area contributed by atoms with Gasteiger partial charge in [0.2, 0.25) is 0 Å². The second kappa shape index (κ2) is 5.86. The molecule has 0 radical (unpaired) electrons. The molecule has 0 bridgehead atoms. The molecule has 5 nitrogen and oxygen atoms in total. The molecule has 1 aromatic carbocycles. The molecule has 0 atom stereocenters. The topological polar surface area (TPSA) is 66.5 Å². The summed E-state index contributed by atoms with van der Waals surface area (Å²) in [5, 5.41) is 2.71. The first-order valence-electron chi connectivity index (χ1n) is 5.74. The van der Waals surface area contributed by atoms with E-state index in [0.29, 0.717) is 18.8 Å². The molecular weight excluding hydrogens is 252 g/mol. The number of hydrogen-bond donors (Lipinski definition) is 1. The molecule has 0 aliphatic rings. The highest BCUT2D eigenvalue weighted by molar-refractivity contribution is 7.90. The van der Waals surface area contributed by atoms with Crippen molar-refractivity contribution in [1.82, 2.24) is 4.90 Å². The fourth-order valence-corrected chi connectivity index (χ4v) is 2.13. The maximum atomic E-state index is 11.8. The Morgan fingerprint density at radius 3 is 2.06 bits per heavy atom. The standard InChI is InChI=1S/C12H18N2O3S/c1-4-14(5-2)12(15)13-10-6-8-11(9-7-10)18(3,16)17/h6-9H,4-5H2,1-3H3,(H,13,15). The molecule has 0 fully saturated rings. The van der Waals surface area contributed by atoms with Crippen molar-refractivity contribution < 1.29 is 13.2 Å². The number of amides is 2. The van der Waals surface area contributed by atoms with Gasteiger partial charge in [-0.05, 0) is 38.1 Å². The molecule has 1 aromatic rings. The molecule has 0 unspecified atom stereocenters. The lowest BCUT2D eigenvalue weighted by Gasteiger charge is -2.19. The maximum Gasteiger partial charge on any atom is 0.321 e. The lowest BCUT2D eigenvalue weighted by Crippen LogP contribution is -2.34. The van der Waals surface area contributed by atoms with Gasteiger partial charge in [-0.2, -0.15) is 0 Å². The molecule has 0 saturated heterocycles. The van der Waals surface area contributed by atoms with Crippen molar-refractivity contribution in [2.24, 2.45) is 0 Å². The Morgan fingerprint density at radius 2 is 1.67 bits per heavy atom. The molecule has 18 heavy (non-hydrogen) atoms. The molecule has 0 aliphatic heterocycles. The van der Waals surface area contributed by atoms with Gasteiger partial charge in [-0.1, -0.05) is 0 Å². The Kier molecular flexibility index (Phi) is 4.72. The van der Waals surface area contributed by atoms with Crippen molar-refractivity contribution >= 4 is 21.6 Å². The minimum absolute atomic E-state index is 0.188. The molecule has 6 heteroatoms. The average Bonchev–Trinajstić information content (AvgIpc) is 2.30. The van der Waals surface area contributed by atoms with E-state index in [0.717, 1.165) is 6.26 Å². The summed E-state index contributed by atoms with van der Waals surface area (Å²) >= 11 is 0. The summed E-state index contributed by atoms with van der Waals surface area (Å²) in [5.74, 6) is 0. The highest BCUT2D eigenvalue weighted by Gasteiger charge is 2.10. The van der Waals surface area contributed by atoms with Gasteiger partial charge in [0.05, 0.1) is 4.90 Å². The largest absolute Gasteiger partial charge is 0.325 e.